The Bertz CT molecular complexity index is 1030. The number of hydrogen-bond acceptors (Lipinski definition) is 4. The zero-order valence-electron chi connectivity index (χ0n) is 18.4. The number of rotatable bonds is 9. The summed E-state index contributed by atoms with van der Waals surface area (Å²) >= 11 is 0. The standard InChI is InChI=1S/C25H31FO5S/c1-30-21-11-12-25(26)23(14-21)18-7-5-17(6-8-18)15-31-22-4-2-3-20(13-22)24(19-9-10-19)16-32(27,28)29/h2-4,11-14,17-19,24H,5-10,15-16H2,1H3,(H,27,28,29)/t17-,18-,24?. The van der Waals surface area contributed by atoms with E-state index in [1.54, 1.807) is 13.2 Å². The van der Waals surface area contributed by atoms with Crippen molar-refractivity contribution in [3.05, 3.63) is 59.4 Å². The van der Waals surface area contributed by atoms with Crippen molar-refractivity contribution in [1.82, 2.24) is 0 Å². The summed E-state index contributed by atoms with van der Waals surface area (Å²) in [5, 5.41) is 0. The summed E-state index contributed by atoms with van der Waals surface area (Å²) in [6.07, 6.45) is 5.74. The highest BCUT2D eigenvalue weighted by Crippen LogP contribution is 2.44. The smallest absolute Gasteiger partial charge is 0.265 e. The fourth-order valence-corrected chi connectivity index (χ4v) is 5.80. The van der Waals surface area contributed by atoms with Gasteiger partial charge in [0.05, 0.1) is 19.5 Å². The van der Waals surface area contributed by atoms with Crippen LogP contribution in [0, 0.1) is 17.7 Å². The lowest BCUT2D eigenvalue weighted by atomic mass is 9.79. The summed E-state index contributed by atoms with van der Waals surface area (Å²) in [6, 6.07) is 12.5. The van der Waals surface area contributed by atoms with Crippen LogP contribution < -0.4 is 9.47 Å². The molecule has 1 N–H and O–H groups in total. The van der Waals surface area contributed by atoms with Gasteiger partial charge in [-0.1, -0.05) is 12.1 Å². The molecule has 0 spiro atoms. The predicted octanol–water partition coefficient (Wildman–Crippen LogP) is 5.57. The molecular weight excluding hydrogens is 431 g/mol. The van der Waals surface area contributed by atoms with E-state index in [1.165, 1.54) is 6.07 Å². The lowest BCUT2D eigenvalue weighted by molar-refractivity contribution is 0.199. The van der Waals surface area contributed by atoms with Gasteiger partial charge in [-0.25, -0.2) is 4.39 Å². The average Bonchev–Trinajstić information content (AvgIpc) is 3.62. The monoisotopic (exact) mass is 462 g/mol. The molecule has 2 aliphatic rings. The molecule has 32 heavy (non-hydrogen) atoms. The fourth-order valence-electron chi connectivity index (χ4n) is 4.88. The Morgan fingerprint density at radius 1 is 1.03 bits per heavy atom. The Morgan fingerprint density at radius 3 is 2.44 bits per heavy atom. The van der Waals surface area contributed by atoms with Crippen molar-refractivity contribution in [3.8, 4) is 11.5 Å². The van der Waals surface area contributed by atoms with E-state index in [2.05, 4.69) is 0 Å². The minimum absolute atomic E-state index is 0.169. The maximum atomic E-state index is 14.3. The molecular formula is C25H31FO5S. The topological polar surface area (TPSA) is 72.8 Å². The normalized spacial score (nSPS) is 22.3. The van der Waals surface area contributed by atoms with Gasteiger partial charge in [0, 0.05) is 5.92 Å². The quantitative estimate of drug-likeness (QED) is 0.493. The summed E-state index contributed by atoms with van der Waals surface area (Å²) in [5.41, 5.74) is 1.64. The van der Waals surface area contributed by atoms with Crippen molar-refractivity contribution in [2.45, 2.75) is 50.4 Å². The molecule has 1 atom stereocenters. The summed E-state index contributed by atoms with van der Waals surface area (Å²) < 4.78 is 57.8. The highest BCUT2D eigenvalue weighted by Gasteiger charge is 2.35. The molecule has 2 fully saturated rings. The van der Waals surface area contributed by atoms with E-state index in [0.717, 1.165) is 55.4 Å². The highest BCUT2D eigenvalue weighted by molar-refractivity contribution is 7.85. The van der Waals surface area contributed by atoms with Crippen molar-refractivity contribution in [1.29, 1.82) is 0 Å². The van der Waals surface area contributed by atoms with Crippen LogP contribution >= 0.6 is 0 Å². The van der Waals surface area contributed by atoms with E-state index in [-0.39, 0.29) is 23.4 Å². The predicted molar refractivity (Wildman–Crippen MR) is 121 cm³/mol. The average molecular weight is 463 g/mol. The van der Waals surface area contributed by atoms with Gasteiger partial charge in [-0.2, -0.15) is 8.42 Å². The van der Waals surface area contributed by atoms with E-state index in [1.807, 2.05) is 30.3 Å². The molecule has 2 aromatic carbocycles. The van der Waals surface area contributed by atoms with Gasteiger partial charge in [0.15, 0.2) is 0 Å². The summed E-state index contributed by atoms with van der Waals surface area (Å²) in [5.74, 6) is 1.71. The number of hydrogen-bond donors (Lipinski definition) is 1. The molecule has 0 aliphatic heterocycles. The van der Waals surface area contributed by atoms with Crippen LogP contribution in [0.15, 0.2) is 42.5 Å². The molecule has 0 radical (unpaired) electrons. The maximum Gasteiger partial charge on any atom is 0.265 e. The Labute approximate surface area is 189 Å². The van der Waals surface area contributed by atoms with E-state index in [4.69, 9.17) is 9.47 Å². The molecule has 0 saturated heterocycles. The first-order chi connectivity index (χ1) is 15.3. The van der Waals surface area contributed by atoms with E-state index in [9.17, 15) is 17.4 Å². The van der Waals surface area contributed by atoms with Crippen molar-refractivity contribution in [2.75, 3.05) is 19.5 Å². The largest absolute Gasteiger partial charge is 0.497 e. The van der Waals surface area contributed by atoms with Crippen LogP contribution in [-0.2, 0) is 10.1 Å². The van der Waals surface area contributed by atoms with Gasteiger partial charge in [-0.3, -0.25) is 4.55 Å². The Morgan fingerprint density at radius 2 is 1.78 bits per heavy atom. The van der Waals surface area contributed by atoms with Gasteiger partial charge >= 0.3 is 0 Å². The third kappa shape index (κ3) is 6.01. The van der Waals surface area contributed by atoms with Crippen LogP contribution in [0.5, 0.6) is 11.5 Å². The second-order valence-electron chi connectivity index (χ2n) is 9.18. The van der Waals surface area contributed by atoms with Crippen LogP contribution in [0.1, 0.15) is 61.5 Å². The molecule has 2 aliphatic carbocycles. The highest BCUT2D eigenvalue weighted by atomic mass is 32.2. The van der Waals surface area contributed by atoms with Gasteiger partial charge in [-0.05, 0) is 97.7 Å². The van der Waals surface area contributed by atoms with Crippen LogP contribution in [0.2, 0.25) is 0 Å². The van der Waals surface area contributed by atoms with Gasteiger partial charge in [-0.15, -0.1) is 0 Å². The van der Waals surface area contributed by atoms with Gasteiger partial charge in [0.1, 0.15) is 17.3 Å². The first-order valence-electron chi connectivity index (χ1n) is 11.3. The van der Waals surface area contributed by atoms with E-state index in [0.29, 0.717) is 24.2 Å². The molecule has 0 amide bonds. The zero-order valence-corrected chi connectivity index (χ0v) is 19.2. The molecule has 5 nitrogen and oxygen atoms in total. The summed E-state index contributed by atoms with van der Waals surface area (Å²) in [7, 11) is -2.44. The molecule has 1 unspecified atom stereocenters. The molecule has 174 valence electrons. The van der Waals surface area contributed by atoms with Crippen LogP contribution in [0.3, 0.4) is 0 Å². The van der Waals surface area contributed by atoms with Crippen LogP contribution in [-0.4, -0.2) is 32.4 Å². The number of methoxy groups -OCH3 is 1. The van der Waals surface area contributed by atoms with Crippen molar-refractivity contribution < 1.29 is 26.8 Å². The molecule has 2 aromatic rings. The SMILES string of the molecule is COc1ccc(F)c([C@H]2CC[C@H](COc3cccc(C(CS(=O)(=O)O)C4CC4)c3)CC2)c1. The minimum Gasteiger partial charge on any atom is -0.497 e. The number of halogens is 1. The third-order valence-electron chi connectivity index (χ3n) is 6.84. The van der Waals surface area contributed by atoms with Crippen LogP contribution in [0.25, 0.3) is 0 Å². The maximum absolute atomic E-state index is 14.3. The lowest BCUT2D eigenvalue weighted by Gasteiger charge is -2.29. The zero-order chi connectivity index (χ0) is 22.7. The van der Waals surface area contributed by atoms with Crippen molar-refractivity contribution >= 4 is 10.1 Å². The Hall–Kier alpha value is -2.12. The first kappa shape index (κ1) is 23.1. The number of ether oxygens (including phenoxy) is 2. The second-order valence-corrected chi connectivity index (χ2v) is 10.7. The lowest BCUT2D eigenvalue weighted by Crippen LogP contribution is -2.20. The Kier molecular flexibility index (Phi) is 7.05. The van der Waals surface area contributed by atoms with Crippen molar-refractivity contribution in [2.24, 2.45) is 11.8 Å². The molecule has 4 rings (SSSR count). The van der Waals surface area contributed by atoms with E-state index < -0.39 is 10.1 Å². The Balaban J connectivity index is 1.33. The second kappa shape index (κ2) is 9.79. The minimum atomic E-state index is -4.03. The molecule has 0 aromatic heterocycles. The van der Waals surface area contributed by atoms with Gasteiger partial charge in [0.25, 0.3) is 10.1 Å². The summed E-state index contributed by atoms with van der Waals surface area (Å²) in [6.45, 7) is 0.586. The third-order valence-corrected chi connectivity index (χ3v) is 7.62. The molecule has 0 bridgehead atoms. The molecule has 7 heteroatoms. The van der Waals surface area contributed by atoms with E-state index >= 15 is 0 Å². The molecule has 2 saturated carbocycles. The molecule has 0 heterocycles. The van der Waals surface area contributed by atoms with Gasteiger partial charge in [0.2, 0.25) is 0 Å². The van der Waals surface area contributed by atoms with Gasteiger partial charge < -0.3 is 9.47 Å². The van der Waals surface area contributed by atoms with Crippen LogP contribution in [0.4, 0.5) is 4.39 Å². The van der Waals surface area contributed by atoms with Crippen molar-refractivity contribution in [3.63, 3.8) is 0 Å². The fraction of sp³-hybridized carbons (Fsp3) is 0.520. The first-order valence-corrected chi connectivity index (χ1v) is 12.9. The number of benzene rings is 2. The summed E-state index contributed by atoms with van der Waals surface area (Å²) in [4.78, 5) is 0.